The first-order valence-corrected chi connectivity index (χ1v) is 19.3. The first-order valence-electron chi connectivity index (χ1n) is 17.4. The second-order valence-corrected chi connectivity index (χ2v) is 18.5. The molecule has 14 heteroatoms. The first-order chi connectivity index (χ1) is 25.1. The highest BCUT2D eigenvalue weighted by Gasteiger charge is 2.50. The maximum Gasteiger partial charge on any atom is 0.408 e. The number of nitrogens with zero attached hydrogens (tertiary/aromatic N) is 4. The van der Waals surface area contributed by atoms with Crippen LogP contribution in [0.3, 0.4) is 0 Å². The zero-order valence-electron chi connectivity index (χ0n) is 31.8. The highest BCUT2D eigenvalue weighted by Crippen LogP contribution is 2.37. The molecule has 0 aliphatic carbocycles. The Morgan fingerprint density at radius 3 is 1.87 bits per heavy atom. The van der Waals surface area contributed by atoms with Gasteiger partial charge < -0.3 is 28.9 Å². The van der Waals surface area contributed by atoms with Crippen LogP contribution in [0.15, 0.2) is 96.1 Å². The molecule has 13 nitrogen and oxygen atoms in total. The highest BCUT2D eigenvalue weighted by molar-refractivity contribution is 6.99. The summed E-state index contributed by atoms with van der Waals surface area (Å²) in [5.74, 6) is -2.82. The Hall–Kier alpha value is -5.17. The molecular weight excluding hydrogens is 695 g/mol. The maximum absolute atomic E-state index is 14.0. The smallest absolute Gasteiger partial charge is 0.408 e. The van der Waals surface area contributed by atoms with Gasteiger partial charge in [0.15, 0.2) is 5.54 Å². The summed E-state index contributed by atoms with van der Waals surface area (Å²) >= 11 is 0. The van der Waals surface area contributed by atoms with E-state index in [0.29, 0.717) is 6.42 Å². The summed E-state index contributed by atoms with van der Waals surface area (Å²) in [6, 6.07) is 27.1. The van der Waals surface area contributed by atoms with Crippen molar-refractivity contribution in [2.24, 2.45) is 11.0 Å². The lowest BCUT2D eigenvalue weighted by atomic mass is 9.94. The van der Waals surface area contributed by atoms with Crippen molar-refractivity contribution in [3.05, 3.63) is 107 Å². The molecule has 0 fully saturated rings. The Kier molecular flexibility index (Phi) is 15.2. The van der Waals surface area contributed by atoms with E-state index in [9.17, 15) is 24.7 Å². The van der Waals surface area contributed by atoms with Crippen LogP contribution in [0.25, 0.3) is 10.4 Å². The number of hydrogen-bond donors (Lipinski definition) is 1. The van der Waals surface area contributed by atoms with E-state index in [1.165, 1.54) is 28.0 Å². The third-order valence-electron chi connectivity index (χ3n) is 9.15. The van der Waals surface area contributed by atoms with Gasteiger partial charge in [0.05, 0.1) is 7.11 Å². The SMILES string of the molecule is COC(=O)[C@H]([C@@H](C)CCO[Si](c1ccccc1)(c1ccccc1)C(C)(C)C)N(C)C(=O)[C@](C)(COC(=O)[C@H](C)NC(=O)OCc1ccccc1)N=[N+]=[N-]. The highest BCUT2D eigenvalue weighted by atomic mass is 28.4. The molecule has 2 amide bonds. The molecule has 1 N–H and O–H groups in total. The molecule has 0 aliphatic rings. The third-order valence-corrected chi connectivity index (χ3v) is 14.2. The Bertz CT molecular complexity index is 1680. The van der Waals surface area contributed by atoms with Gasteiger partial charge in [-0.05, 0) is 52.7 Å². The fourth-order valence-electron chi connectivity index (χ4n) is 6.29. The molecule has 284 valence electrons. The molecule has 0 aliphatic heterocycles. The van der Waals surface area contributed by atoms with Crippen LogP contribution in [0.5, 0.6) is 0 Å². The Labute approximate surface area is 312 Å². The number of nitrogens with one attached hydrogen (secondary N) is 1. The fraction of sp³-hybridized carbons (Fsp3) is 0.436. The van der Waals surface area contributed by atoms with Gasteiger partial charge in [-0.3, -0.25) is 4.79 Å². The van der Waals surface area contributed by atoms with Crippen LogP contribution in [-0.2, 0) is 39.6 Å². The van der Waals surface area contributed by atoms with Crippen molar-refractivity contribution in [3.63, 3.8) is 0 Å². The second kappa shape index (κ2) is 19.1. The van der Waals surface area contributed by atoms with Crippen LogP contribution < -0.4 is 15.7 Å². The molecule has 0 heterocycles. The standard InChI is InChI=1S/C39H51N5O8Si/c1-28(24-25-52-53(38(3,4)5,31-20-14-10-15-21-31)32-22-16-11-17-23-32)33(35(46)49-8)44(7)36(47)39(6,42-43-40)27-51-34(45)29(2)41-37(48)50-26-30-18-12-9-13-19-30/h9-23,28-29,33H,24-27H2,1-8H3,(H,41,48)/t28-,29-,33-,39-/m0/s1. The van der Waals surface area contributed by atoms with Gasteiger partial charge in [0, 0.05) is 18.6 Å². The van der Waals surface area contributed by atoms with Gasteiger partial charge >= 0.3 is 18.0 Å². The van der Waals surface area contributed by atoms with Crippen LogP contribution in [0.2, 0.25) is 5.04 Å². The van der Waals surface area contributed by atoms with Crippen LogP contribution >= 0.6 is 0 Å². The predicted octanol–water partition coefficient (Wildman–Crippen LogP) is 5.52. The van der Waals surface area contributed by atoms with Crippen LogP contribution in [-0.4, -0.2) is 82.2 Å². The van der Waals surface area contributed by atoms with Crippen molar-refractivity contribution in [2.45, 2.75) is 77.2 Å². The topological polar surface area (TPSA) is 169 Å². The number of azide groups is 1. The Balaban J connectivity index is 1.74. The van der Waals surface area contributed by atoms with Gasteiger partial charge in [0.25, 0.3) is 8.32 Å². The van der Waals surface area contributed by atoms with E-state index in [4.69, 9.17) is 18.6 Å². The Morgan fingerprint density at radius 2 is 1.38 bits per heavy atom. The van der Waals surface area contributed by atoms with Gasteiger partial charge in [-0.15, -0.1) is 0 Å². The summed E-state index contributed by atoms with van der Waals surface area (Å²) in [6.07, 6.45) is -0.473. The predicted molar refractivity (Wildman–Crippen MR) is 204 cm³/mol. The van der Waals surface area contributed by atoms with Crippen LogP contribution in [0, 0.1) is 5.92 Å². The van der Waals surface area contributed by atoms with Gasteiger partial charge in [0.2, 0.25) is 5.91 Å². The number of hydrogen-bond acceptors (Lipinski definition) is 9. The molecule has 3 rings (SSSR count). The number of amides is 2. The summed E-state index contributed by atoms with van der Waals surface area (Å²) in [4.78, 5) is 56.3. The molecule has 3 aromatic carbocycles. The van der Waals surface area contributed by atoms with Gasteiger partial charge in [-0.1, -0.05) is 124 Å². The molecule has 0 bridgehead atoms. The number of carbonyl (C=O) groups excluding carboxylic acids is 4. The number of rotatable bonds is 17. The van der Waals surface area contributed by atoms with Crippen LogP contribution in [0.4, 0.5) is 4.79 Å². The molecule has 0 unspecified atom stereocenters. The molecule has 0 saturated heterocycles. The summed E-state index contributed by atoms with van der Waals surface area (Å²) in [7, 11) is -0.237. The number of carbonyl (C=O) groups is 4. The number of ether oxygens (including phenoxy) is 3. The van der Waals surface area contributed by atoms with Crippen molar-refractivity contribution in [1.82, 2.24) is 10.2 Å². The molecule has 3 aromatic rings. The molecule has 53 heavy (non-hydrogen) atoms. The fourth-order valence-corrected chi connectivity index (χ4v) is 10.9. The van der Waals surface area contributed by atoms with E-state index in [-0.39, 0.29) is 18.3 Å². The maximum atomic E-state index is 14.0. The van der Waals surface area contributed by atoms with Crippen molar-refractivity contribution >= 4 is 42.6 Å². The molecule has 0 spiro atoms. The van der Waals surface area contributed by atoms with E-state index in [1.54, 1.807) is 24.3 Å². The number of alkyl carbamates (subject to hydrolysis) is 1. The minimum absolute atomic E-state index is 0.00437. The average molecular weight is 746 g/mol. The lowest BCUT2D eigenvalue weighted by molar-refractivity contribution is -0.159. The summed E-state index contributed by atoms with van der Waals surface area (Å²) in [5, 5.41) is 8.01. The minimum Gasteiger partial charge on any atom is -0.467 e. The lowest BCUT2D eigenvalue weighted by Gasteiger charge is -2.43. The summed E-state index contributed by atoms with van der Waals surface area (Å²) in [5.41, 5.74) is 8.22. The van der Waals surface area contributed by atoms with E-state index in [2.05, 4.69) is 60.4 Å². The monoisotopic (exact) mass is 745 g/mol. The molecule has 4 atom stereocenters. The first kappa shape index (κ1) is 42.2. The molecule has 0 radical (unpaired) electrons. The van der Waals surface area contributed by atoms with Gasteiger partial charge in [0.1, 0.15) is 25.3 Å². The largest absolute Gasteiger partial charge is 0.467 e. The summed E-state index contributed by atoms with van der Waals surface area (Å²) < 4.78 is 22.7. The van der Waals surface area contributed by atoms with E-state index in [0.717, 1.165) is 20.8 Å². The van der Waals surface area contributed by atoms with Crippen molar-refractivity contribution in [1.29, 1.82) is 0 Å². The lowest BCUT2D eigenvalue weighted by Crippen LogP contribution is -2.66. The number of methoxy groups -OCH3 is 1. The van der Waals surface area contributed by atoms with Gasteiger partial charge in [-0.25, -0.2) is 14.4 Å². The number of esters is 2. The second-order valence-electron chi connectivity index (χ2n) is 14.2. The zero-order chi connectivity index (χ0) is 39.2. The van der Waals surface area contributed by atoms with Crippen LogP contribution in [0.1, 0.15) is 53.5 Å². The Morgan fingerprint density at radius 1 is 0.849 bits per heavy atom. The van der Waals surface area contributed by atoms with E-state index < -0.39 is 62.4 Å². The zero-order valence-corrected chi connectivity index (χ0v) is 32.8. The quantitative estimate of drug-likeness (QED) is 0.0471. The van der Waals surface area contributed by atoms with Crippen molar-refractivity contribution in [3.8, 4) is 0 Å². The van der Waals surface area contributed by atoms with E-state index >= 15 is 0 Å². The number of benzene rings is 3. The average Bonchev–Trinajstić information content (AvgIpc) is 3.15. The summed E-state index contributed by atoms with van der Waals surface area (Å²) in [6.45, 7) is 10.6. The molecular formula is C39H51N5O8Si. The minimum atomic E-state index is -2.87. The van der Waals surface area contributed by atoms with E-state index in [1.807, 2.05) is 49.4 Å². The normalized spacial score (nSPS) is 14.3. The molecule has 0 saturated carbocycles. The van der Waals surface area contributed by atoms with Crippen molar-refractivity contribution in [2.75, 3.05) is 27.4 Å². The number of likely N-dealkylation sites (N-methyl/N-ethyl adjacent to an activating group) is 1. The molecule has 0 aromatic heterocycles. The third kappa shape index (κ3) is 10.7. The van der Waals surface area contributed by atoms with Gasteiger partial charge in [-0.2, -0.15) is 0 Å². The van der Waals surface area contributed by atoms with Crippen molar-refractivity contribution < 1.29 is 37.8 Å².